The number of aryl methyl sites for hydroxylation is 1. The van der Waals surface area contributed by atoms with Crippen LogP contribution in [0.3, 0.4) is 0 Å². The molecule has 2 unspecified atom stereocenters. The summed E-state index contributed by atoms with van der Waals surface area (Å²) >= 11 is 0. The van der Waals surface area contributed by atoms with Gasteiger partial charge >= 0.3 is 0 Å². The Kier molecular flexibility index (Phi) is 5.99. The zero-order valence-electron chi connectivity index (χ0n) is 14.9. The molecule has 120 valence electrons. The average Bonchev–Trinajstić information content (AvgIpc) is 2.47. The van der Waals surface area contributed by atoms with Crippen LogP contribution in [0.5, 0.6) is 0 Å². The summed E-state index contributed by atoms with van der Waals surface area (Å²) in [4.78, 5) is 4.72. The van der Waals surface area contributed by atoms with Crippen molar-refractivity contribution in [2.75, 3.05) is 7.05 Å². The van der Waals surface area contributed by atoms with E-state index in [4.69, 9.17) is 4.99 Å². The zero-order valence-corrected chi connectivity index (χ0v) is 14.9. The Morgan fingerprint density at radius 3 is 2.27 bits per heavy atom. The second-order valence-corrected chi connectivity index (χ2v) is 7.15. The van der Waals surface area contributed by atoms with E-state index in [-0.39, 0.29) is 0 Å². The summed E-state index contributed by atoms with van der Waals surface area (Å²) in [5.41, 5.74) is 7.02. The van der Waals surface area contributed by atoms with Crippen molar-refractivity contribution in [3.63, 3.8) is 0 Å². The highest BCUT2D eigenvalue weighted by Gasteiger charge is 2.25. The molecule has 1 aliphatic carbocycles. The molecule has 0 bridgehead atoms. The van der Waals surface area contributed by atoms with E-state index in [1.807, 2.05) is 7.05 Å². The quantitative estimate of drug-likeness (QED) is 0.471. The first-order chi connectivity index (χ1) is 10.5. The highest BCUT2D eigenvalue weighted by atomic mass is 14.7. The fraction of sp³-hybridized carbons (Fsp3) is 0.571. The van der Waals surface area contributed by atoms with E-state index in [0.29, 0.717) is 5.92 Å². The van der Waals surface area contributed by atoms with E-state index >= 15 is 0 Å². The van der Waals surface area contributed by atoms with Crippen molar-refractivity contribution >= 4 is 5.71 Å². The predicted octanol–water partition coefficient (Wildman–Crippen LogP) is 5.97. The number of hydrogen-bond acceptors (Lipinski definition) is 1. The lowest BCUT2D eigenvalue weighted by Gasteiger charge is -2.29. The van der Waals surface area contributed by atoms with Gasteiger partial charge in [-0.3, -0.25) is 4.99 Å². The van der Waals surface area contributed by atoms with Gasteiger partial charge in [-0.25, -0.2) is 0 Å². The van der Waals surface area contributed by atoms with E-state index in [1.54, 1.807) is 5.57 Å². The third-order valence-electron chi connectivity index (χ3n) is 4.99. The SMILES string of the molecule is CN=C(c1ccc(C)cc1)C1CCCCC(C)CC1=C(C)C. The van der Waals surface area contributed by atoms with Crippen molar-refractivity contribution in [2.24, 2.45) is 16.8 Å². The Hall–Kier alpha value is -1.37. The molecular weight excluding hydrogens is 266 g/mol. The molecule has 1 fully saturated rings. The first-order valence-electron chi connectivity index (χ1n) is 8.73. The molecule has 0 spiro atoms. The number of allylic oxidation sites excluding steroid dienone is 2. The van der Waals surface area contributed by atoms with Gasteiger partial charge in [0.2, 0.25) is 0 Å². The Morgan fingerprint density at radius 1 is 1.05 bits per heavy atom. The number of aliphatic imine (C=N–C) groups is 1. The summed E-state index contributed by atoms with van der Waals surface area (Å²) in [6.45, 7) is 9.10. The minimum Gasteiger partial charge on any atom is -0.292 e. The van der Waals surface area contributed by atoms with Crippen molar-refractivity contribution in [3.8, 4) is 0 Å². The fourth-order valence-corrected chi connectivity index (χ4v) is 3.70. The fourth-order valence-electron chi connectivity index (χ4n) is 3.70. The highest BCUT2D eigenvalue weighted by Crippen LogP contribution is 2.35. The molecule has 2 atom stereocenters. The van der Waals surface area contributed by atoms with Crippen molar-refractivity contribution in [1.29, 1.82) is 0 Å². The van der Waals surface area contributed by atoms with E-state index in [9.17, 15) is 0 Å². The van der Waals surface area contributed by atoms with Crippen LogP contribution in [-0.2, 0) is 0 Å². The lowest BCUT2D eigenvalue weighted by Crippen LogP contribution is -2.22. The standard InChI is InChI=1S/C21H31N/c1-15(2)20-14-17(4)8-6-7-9-19(20)21(22-5)18-12-10-16(3)11-13-18/h10-13,17,19H,6-9,14H2,1-5H3. The van der Waals surface area contributed by atoms with E-state index < -0.39 is 0 Å². The van der Waals surface area contributed by atoms with Crippen LogP contribution in [0.25, 0.3) is 0 Å². The smallest absolute Gasteiger partial charge is 0.0488 e. The summed E-state index contributed by atoms with van der Waals surface area (Å²) in [6.07, 6.45) is 6.52. The third-order valence-corrected chi connectivity index (χ3v) is 4.99. The van der Waals surface area contributed by atoms with Crippen molar-refractivity contribution in [3.05, 3.63) is 46.5 Å². The number of benzene rings is 1. The van der Waals surface area contributed by atoms with Crippen LogP contribution in [0.15, 0.2) is 40.4 Å². The van der Waals surface area contributed by atoms with Gasteiger partial charge in [-0.1, -0.05) is 67.2 Å². The van der Waals surface area contributed by atoms with Crippen molar-refractivity contribution in [1.82, 2.24) is 0 Å². The molecule has 0 radical (unpaired) electrons. The van der Waals surface area contributed by atoms with Crippen molar-refractivity contribution < 1.29 is 0 Å². The second-order valence-electron chi connectivity index (χ2n) is 7.15. The number of nitrogens with zero attached hydrogens (tertiary/aromatic N) is 1. The third kappa shape index (κ3) is 4.09. The van der Waals surface area contributed by atoms with Crippen LogP contribution in [0.4, 0.5) is 0 Å². The summed E-state index contributed by atoms with van der Waals surface area (Å²) in [6, 6.07) is 8.88. The zero-order chi connectivity index (χ0) is 16.1. The van der Waals surface area contributed by atoms with Gasteiger partial charge in [-0.05, 0) is 45.1 Å². The van der Waals surface area contributed by atoms with Crippen molar-refractivity contribution in [2.45, 2.75) is 59.8 Å². The molecule has 2 rings (SSSR count). The maximum absolute atomic E-state index is 4.72. The van der Waals surface area contributed by atoms with Crippen LogP contribution >= 0.6 is 0 Å². The first-order valence-corrected chi connectivity index (χ1v) is 8.73. The highest BCUT2D eigenvalue weighted by molar-refractivity contribution is 6.03. The normalized spacial score (nSPS) is 23.9. The molecule has 1 heteroatoms. The topological polar surface area (TPSA) is 12.4 Å². The lowest BCUT2D eigenvalue weighted by molar-refractivity contribution is 0.432. The van der Waals surface area contributed by atoms with Gasteiger partial charge in [-0.2, -0.15) is 0 Å². The monoisotopic (exact) mass is 297 g/mol. The summed E-state index contributed by atoms with van der Waals surface area (Å²) < 4.78 is 0. The first kappa shape index (κ1) is 17.0. The largest absolute Gasteiger partial charge is 0.292 e. The molecule has 0 aliphatic heterocycles. The molecule has 0 N–H and O–H groups in total. The van der Waals surface area contributed by atoms with Gasteiger partial charge in [0, 0.05) is 18.7 Å². The molecule has 1 aromatic carbocycles. The molecule has 0 aromatic heterocycles. The van der Waals surface area contributed by atoms with Crippen LogP contribution < -0.4 is 0 Å². The lowest BCUT2D eigenvalue weighted by atomic mass is 9.77. The molecule has 1 nitrogen and oxygen atoms in total. The summed E-state index contributed by atoms with van der Waals surface area (Å²) in [5.74, 6) is 1.30. The average molecular weight is 297 g/mol. The van der Waals surface area contributed by atoms with E-state index in [2.05, 4.69) is 52.0 Å². The minimum atomic E-state index is 0.500. The maximum atomic E-state index is 4.72. The van der Waals surface area contributed by atoms with E-state index in [0.717, 1.165) is 5.92 Å². The number of rotatable bonds is 2. The molecular formula is C21H31N. The Morgan fingerprint density at radius 2 is 1.68 bits per heavy atom. The van der Waals surface area contributed by atoms with E-state index in [1.165, 1.54) is 54.5 Å². The minimum absolute atomic E-state index is 0.500. The number of hydrogen-bond donors (Lipinski definition) is 0. The Bertz CT molecular complexity index is 544. The molecule has 0 heterocycles. The Labute approximate surface area is 136 Å². The Balaban J connectivity index is 2.39. The molecule has 0 amide bonds. The summed E-state index contributed by atoms with van der Waals surface area (Å²) in [5, 5.41) is 0. The van der Waals surface area contributed by atoms with Crippen LogP contribution in [0, 0.1) is 18.8 Å². The van der Waals surface area contributed by atoms with Crippen LogP contribution in [0.1, 0.15) is 64.0 Å². The molecule has 1 aliphatic rings. The van der Waals surface area contributed by atoms with Gasteiger partial charge < -0.3 is 0 Å². The van der Waals surface area contributed by atoms with Gasteiger partial charge in [0.05, 0.1) is 0 Å². The molecule has 0 saturated heterocycles. The molecule has 22 heavy (non-hydrogen) atoms. The predicted molar refractivity (Wildman–Crippen MR) is 97.8 cm³/mol. The maximum Gasteiger partial charge on any atom is 0.0488 e. The molecule has 1 saturated carbocycles. The van der Waals surface area contributed by atoms with Gasteiger partial charge in [0.15, 0.2) is 0 Å². The van der Waals surface area contributed by atoms with Gasteiger partial charge in [-0.15, -0.1) is 0 Å². The van der Waals surface area contributed by atoms with Crippen LogP contribution in [0.2, 0.25) is 0 Å². The van der Waals surface area contributed by atoms with Gasteiger partial charge in [0.25, 0.3) is 0 Å². The second kappa shape index (κ2) is 7.76. The summed E-state index contributed by atoms with van der Waals surface area (Å²) in [7, 11) is 1.96. The van der Waals surface area contributed by atoms with Crippen LogP contribution in [-0.4, -0.2) is 12.8 Å². The molecule has 1 aromatic rings. The van der Waals surface area contributed by atoms with Gasteiger partial charge in [0.1, 0.15) is 0 Å².